The maximum Gasteiger partial charge on any atom is 0.417 e. The number of hydrogen-bond donors (Lipinski definition) is 0. The van der Waals surface area contributed by atoms with Gasteiger partial charge in [0.2, 0.25) is 0 Å². The molecule has 1 aromatic heterocycles. The summed E-state index contributed by atoms with van der Waals surface area (Å²) in [7, 11) is 1.45. The molecule has 0 amide bonds. The molecule has 0 N–H and O–H groups in total. The summed E-state index contributed by atoms with van der Waals surface area (Å²) in [6, 6.07) is 0.766. The number of pyridine rings is 1. The van der Waals surface area contributed by atoms with Gasteiger partial charge >= 0.3 is 6.18 Å². The summed E-state index contributed by atoms with van der Waals surface area (Å²) < 4.78 is 47.4. The molecule has 0 aliphatic carbocycles. The first kappa shape index (κ1) is 14.6. The van der Waals surface area contributed by atoms with Gasteiger partial charge in [-0.1, -0.05) is 0 Å². The average Bonchev–Trinajstić information content (AvgIpc) is 2.33. The van der Waals surface area contributed by atoms with Crippen LogP contribution in [-0.2, 0) is 15.7 Å². The molecule has 1 aromatic rings. The highest BCUT2D eigenvalue weighted by Crippen LogP contribution is 2.31. The lowest BCUT2D eigenvalue weighted by Gasteiger charge is -2.11. The molecule has 1 heterocycles. The highest BCUT2D eigenvalue weighted by atomic mass is 19.4. The average molecular weight is 263 g/mol. The zero-order chi connectivity index (χ0) is 13.6. The molecule has 1 rings (SSSR count). The Morgan fingerprint density at radius 1 is 1.39 bits per heavy atom. The van der Waals surface area contributed by atoms with Gasteiger partial charge in [-0.05, 0) is 6.07 Å². The van der Waals surface area contributed by atoms with Crippen LogP contribution in [0.3, 0.4) is 0 Å². The van der Waals surface area contributed by atoms with Crippen LogP contribution in [0.2, 0.25) is 0 Å². The van der Waals surface area contributed by atoms with Crippen molar-refractivity contribution < 1.29 is 27.4 Å². The minimum Gasteiger partial charge on any atom is -0.382 e. The Morgan fingerprint density at radius 3 is 2.72 bits per heavy atom. The van der Waals surface area contributed by atoms with E-state index in [4.69, 9.17) is 4.74 Å². The minimum absolute atomic E-state index is 0.143. The number of Topliss-reactive ketones (excluding diaryl/α,β-unsaturated/α-hetero) is 1. The quantitative estimate of drug-likeness (QED) is 0.581. The Bertz CT molecular complexity index is 407. The molecular formula is C11H12F3NO3. The SMILES string of the molecule is COCCOCC(=O)c1cnccc1C(F)(F)F. The van der Waals surface area contributed by atoms with Gasteiger partial charge in [0, 0.05) is 19.5 Å². The molecule has 0 bridgehead atoms. The number of aromatic nitrogens is 1. The minimum atomic E-state index is -4.58. The smallest absolute Gasteiger partial charge is 0.382 e. The fraction of sp³-hybridized carbons (Fsp3) is 0.455. The van der Waals surface area contributed by atoms with Crippen LogP contribution in [0.25, 0.3) is 0 Å². The van der Waals surface area contributed by atoms with Crippen molar-refractivity contribution in [2.75, 3.05) is 26.9 Å². The van der Waals surface area contributed by atoms with Crippen LogP contribution in [0, 0.1) is 0 Å². The fourth-order valence-corrected chi connectivity index (χ4v) is 1.25. The molecule has 0 radical (unpaired) electrons. The second-order valence-corrected chi connectivity index (χ2v) is 3.39. The van der Waals surface area contributed by atoms with Crippen LogP contribution in [0.15, 0.2) is 18.5 Å². The number of halogens is 3. The molecule has 0 saturated carbocycles. The second kappa shape index (κ2) is 6.46. The Morgan fingerprint density at radius 2 is 2.11 bits per heavy atom. The van der Waals surface area contributed by atoms with Crippen LogP contribution in [0.4, 0.5) is 13.2 Å². The second-order valence-electron chi connectivity index (χ2n) is 3.39. The molecule has 4 nitrogen and oxygen atoms in total. The number of rotatable bonds is 6. The van der Waals surface area contributed by atoms with Gasteiger partial charge in [-0.25, -0.2) is 0 Å². The molecule has 0 aromatic carbocycles. The van der Waals surface area contributed by atoms with Gasteiger partial charge in [0.15, 0.2) is 5.78 Å². The first-order chi connectivity index (χ1) is 8.46. The molecule has 100 valence electrons. The maximum absolute atomic E-state index is 12.6. The molecule has 0 fully saturated rings. The van der Waals surface area contributed by atoms with Gasteiger partial charge in [-0.3, -0.25) is 9.78 Å². The largest absolute Gasteiger partial charge is 0.417 e. The van der Waals surface area contributed by atoms with Gasteiger partial charge < -0.3 is 9.47 Å². The Kier molecular flexibility index (Phi) is 5.24. The van der Waals surface area contributed by atoms with E-state index in [1.807, 2.05) is 0 Å². The Hall–Kier alpha value is -1.47. The Balaban J connectivity index is 2.74. The van der Waals surface area contributed by atoms with E-state index < -0.39 is 29.7 Å². The van der Waals surface area contributed by atoms with Crippen LogP contribution in [0.1, 0.15) is 15.9 Å². The van der Waals surface area contributed by atoms with Crippen molar-refractivity contribution >= 4 is 5.78 Å². The third-order valence-electron chi connectivity index (χ3n) is 2.09. The van der Waals surface area contributed by atoms with Crippen molar-refractivity contribution in [2.24, 2.45) is 0 Å². The lowest BCUT2D eigenvalue weighted by Crippen LogP contribution is -2.18. The van der Waals surface area contributed by atoms with Gasteiger partial charge in [-0.2, -0.15) is 13.2 Å². The standard InChI is InChI=1S/C11H12F3NO3/c1-17-4-5-18-7-10(16)8-6-15-3-2-9(8)11(12,13)14/h2-3,6H,4-5,7H2,1H3. The summed E-state index contributed by atoms with van der Waals surface area (Å²) in [4.78, 5) is 15.1. The lowest BCUT2D eigenvalue weighted by molar-refractivity contribution is -0.138. The highest BCUT2D eigenvalue weighted by Gasteiger charge is 2.35. The fourth-order valence-electron chi connectivity index (χ4n) is 1.25. The molecule has 0 aliphatic rings. The van der Waals surface area contributed by atoms with E-state index in [1.54, 1.807) is 0 Å². The van der Waals surface area contributed by atoms with E-state index >= 15 is 0 Å². The first-order valence-corrected chi connectivity index (χ1v) is 5.08. The third-order valence-corrected chi connectivity index (χ3v) is 2.09. The van der Waals surface area contributed by atoms with Gasteiger partial charge in [0.25, 0.3) is 0 Å². The zero-order valence-electron chi connectivity index (χ0n) is 9.66. The summed E-state index contributed by atoms with van der Waals surface area (Å²) in [6.07, 6.45) is -2.70. The number of alkyl halides is 3. The van der Waals surface area contributed by atoms with Gasteiger partial charge in [-0.15, -0.1) is 0 Å². The summed E-state index contributed by atoms with van der Waals surface area (Å²) in [5.41, 5.74) is -1.49. The predicted molar refractivity (Wildman–Crippen MR) is 56.3 cm³/mol. The van der Waals surface area contributed by atoms with Gasteiger partial charge in [0.05, 0.1) is 24.3 Å². The van der Waals surface area contributed by atoms with Crippen molar-refractivity contribution in [1.82, 2.24) is 4.98 Å². The van der Waals surface area contributed by atoms with Crippen LogP contribution < -0.4 is 0 Å². The molecule has 0 saturated heterocycles. The number of carbonyl (C=O) groups is 1. The van der Waals surface area contributed by atoms with Crippen LogP contribution in [-0.4, -0.2) is 37.7 Å². The first-order valence-electron chi connectivity index (χ1n) is 5.08. The van der Waals surface area contributed by atoms with Crippen molar-refractivity contribution in [3.05, 3.63) is 29.6 Å². The summed E-state index contributed by atoms with van der Waals surface area (Å²) in [5, 5.41) is 0. The van der Waals surface area contributed by atoms with Gasteiger partial charge in [0.1, 0.15) is 6.61 Å². The lowest BCUT2D eigenvalue weighted by atomic mass is 10.1. The number of hydrogen-bond acceptors (Lipinski definition) is 4. The number of ketones is 1. The number of carbonyl (C=O) groups excluding carboxylic acids is 1. The number of ether oxygens (including phenoxy) is 2. The molecule has 0 atom stereocenters. The van der Waals surface area contributed by atoms with E-state index in [1.165, 1.54) is 7.11 Å². The topological polar surface area (TPSA) is 48.4 Å². The summed E-state index contributed by atoms with van der Waals surface area (Å²) >= 11 is 0. The molecule has 7 heteroatoms. The molecule has 18 heavy (non-hydrogen) atoms. The van der Waals surface area contributed by atoms with Crippen molar-refractivity contribution in [1.29, 1.82) is 0 Å². The Labute approximate surface area is 102 Å². The molecule has 0 spiro atoms. The monoisotopic (exact) mass is 263 g/mol. The normalized spacial score (nSPS) is 11.6. The summed E-state index contributed by atoms with van der Waals surface area (Å²) in [5.74, 6) is -0.758. The number of methoxy groups -OCH3 is 1. The van der Waals surface area contributed by atoms with E-state index in [9.17, 15) is 18.0 Å². The highest BCUT2D eigenvalue weighted by molar-refractivity contribution is 5.98. The van der Waals surface area contributed by atoms with Crippen molar-refractivity contribution in [3.8, 4) is 0 Å². The molecule has 0 unspecified atom stereocenters. The zero-order valence-corrected chi connectivity index (χ0v) is 9.66. The summed E-state index contributed by atoms with van der Waals surface area (Å²) in [6.45, 7) is -0.0194. The third kappa shape index (κ3) is 4.08. The van der Waals surface area contributed by atoms with E-state index in [-0.39, 0.29) is 13.2 Å². The van der Waals surface area contributed by atoms with E-state index in [0.717, 1.165) is 18.5 Å². The van der Waals surface area contributed by atoms with Crippen molar-refractivity contribution in [3.63, 3.8) is 0 Å². The van der Waals surface area contributed by atoms with E-state index in [0.29, 0.717) is 0 Å². The van der Waals surface area contributed by atoms with E-state index in [2.05, 4.69) is 9.72 Å². The van der Waals surface area contributed by atoms with Crippen LogP contribution >= 0.6 is 0 Å². The van der Waals surface area contributed by atoms with Crippen LogP contribution in [0.5, 0.6) is 0 Å². The maximum atomic E-state index is 12.6. The van der Waals surface area contributed by atoms with Crippen molar-refractivity contribution in [2.45, 2.75) is 6.18 Å². The predicted octanol–water partition coefficient (Wildman–Crippen LogP) is 1.95. The molecule has 0 aliphatic heterocycles. The number of nitrogens with zero attached hydrogens (tertiary/aromatic N) is 1. The molecular weight excluding hydrogens is 251 g/mol.